The first kappa shape index (κ1) is 20.8. The maximum absolute atomic E-state index is 13.2. The first-order valence-electron chi connectivity index (χ1n) is 9.66. The molecule has 0 atom stereocenters. The van der Waals surface area contributed by atoms with Crippen molar-refractivity contribution in [3.05, 3.63) is 119 Å². The molecule has 0 aliphatic carbocycles. The van der Waals surface area contributed by atoms with Gasteiger partial charge in [-0.15, -0.1) is 0 Å². The van der Waals surface area contributed by atoms with Crippen LogP contribution in [0.25, 0.3) is 0 Å². The third-order valence-electron chi connectivity index (χ3n) is 4.60. The molecule has 4 nitrogen and oxygen atoms in total. The number of nitriles is 1. The minimum absolute atomic E-state index is 0.0221. The smallest absolute Gasteiger partial charge is 0.264 e. The van der Waals surface area contributed by atoms with Crippen molar-refractivity contribution >= 4 is 5.91 Å². The van der Waals surface area contributed by atoms with E-state index in [9.17, 15) is 14.4 Å². The Morgan fingerprint density at radius 2 is 1.60 bits per heavy atom. The van der Waals surface area contributed by atoms with E-state index >= 15 is 0 Å². The molecule has 0 unspecified atom stereocenters. The summed E-state index contributed by atoms with van der Waals surface area (Å²) in [5, 5.41) is 15.4. The average molecular weight is 399 g/mol. The van der Waals surface area contributed by atoms with Crippen LogP contribution in [0.1, 0.15) is 22.7 Å². The number of hydrogen-bond acceptors (Lipinski definition) is 3. The van der Waals surface area contributed by atoms with E-state index in [1.807, 2.05) is 72.8 Å². The van der Waals surface area contributed by atoms with E-state index in [4.69, 9.17) is 0 Å². The number of nitrogens with one attached hydrogen (secondary N) is 2. The van der Waals surface area contributed by atoms with Crippen molar-refractivity contribution in [2.45, 2.75) is 12.5 Å². The van der Waals surface area contributed by atoms with Crippen LogP contribution in [-0.4, -0.2) is 12.5 Å². The van der Waals surface area contributed by atoms with Gasteiger partial charge in [-0.1, -0.05) is 72.8 Å². The largest absolute Gasteiger partial charge is 0.389 e. The second-order valence-corrected chi connectivity index (χ2v) is 6.73. The highest BCUT2D eigenvalue weighted by Gasteiger charge is 2.19. The molecule has 2 N–H and O–H groups in total. The fourth-order valence-corrected chi connectivity index (χ4v) is 3.09. The number of rotatable bonds is 8. The Hall–Kier alpha value is -3.91. The topological polar surface area (TPSA) is 64.9 Å². The average Bonchev–Trinajstić information content (AvgIpc) is 2.78. The quantitative estimate of drug-likeness (QED) is 0.338. The van der Waals surface area contributed by atoms with Crippen LogP contribution in [0, 0.1) is 17.1 Å². The first-order valence-corrected chi connectivity index (χ1v) is 9.66. The van der Waals surface area contributed by atoms with Gasteiger partial charge in [0.05, 0.1) is 6.04 Å². The molecule has 0 bridgehead atoms. The summed E-state index contributed by atoms with van der Waals surface area (Å²) < 4.78 is 13.2. The van der Waals surface area contributed by atoms with Crippen LogP contribution in [0.3, 0.4) is 0 Å². The zero-order valence-electron chi connectivity index (χ0n) is 16.4. The molecule has 0 aliphatic heterocycles. The lowest BCUT2D eigenvalue weighted by Gasteiger charge is -2.19. The maximum atomic E-state index is 13.2. The van der Waals surface area contributed by atoms with Gasteiger partial charge in [0.25, 0.3) is 5.91 Å². The Labute approximate surface area is 175 Å². The lowest BCUT2D eigenvalue weighted by molar-refractivity contribution is -0.117. The Bertz CT molecular complexity index is 1000. The van der Waals surface area contributed by atoms with E-state index in [2.05, 4.69) is 10.6 Å². The monoisotopic (exact) mass is 399 g/mol. The number of benzene rings is 3. The van der Waals surface area contributed by atoms with E-state index in [0.29, 0.717) is 13.0 Å². The van der Waals surface area contributed by atoms with Gasteiger partial charge in [0.2, 0.25) is 0 Å². The van der Waals surface area contributed by atoms with Crippen molar-refractivity contribution in [2.75, 3.05) is 6.54 Å². The molecule has 3 aromatic carbocycles. The molecule has 0 aliphatic rings. The Morgan fingerprint density at radius 3 is 2.17 bits per heavy atom. The summed E-state index contributed by atoms with van der Waals surface area (Å²) in [6.45, 7) is 0.475. The molecular formula is C25H22FN3O. The highest BCUT2D eigenvalue weighted by molar-refractivity contribution is 5.97. The summed E-state index contributed by atoms with van der Waals surface area (Å²) in [4.78, 5) is 12.7. The van der Waals surface area contributed by atoms with E-state index in [0.717, 1.165) is 16.7 Å². The Balaban J connectivity index is 1.67. The molecule has 3 aromatic rings. The first-order chi connectivity index (χ1) is 14.7. The van der Waals surface area contributed by atoms with Gasteiger partial charge in [-0.3, -0.25) is 4.79 Å². The van der Waals surface area contributed by atoms with Gasteiger partial charge in [-0.25, -0.2) is 4.39 Å². The van der Waals surface area contributed by atoms with Gasteiger partial charge in [0, 0.05) is 12.7 Å². The van der Waals surface area contributed by atoms with Gasteiger partial charge >= 0.3 is 0 Å². The zero-order chi connectivity index (χ0) is 21.2. The third kappa shape index (κ3) is 5.79. The number of nitrogens with zero attached hydrogens (tertiary/aromatic N) is 1. The summed E-state index contributed by atoms with van der Waals surface area (Å²) in [5.41, 5.74) is 2.67. The lowest BCUT2D eigenvalue weighted by Crippen LogP contribution is -2.31. The van der Waals surface area contributed by atoms with Crippen LogP contribution in [0.2, 0.25) is 0 Å². The molecule has 0 aromatic heterocycles. The van der Waals surface area contributed by atoms with Gasteiger partial charge in [0.1, 0.15) is 17.5 Å². The molecule has 5 heteroatoms. The van der Waals surface area contributed by atoms with E-state index in [1.54, 1.807) is 6.07 Å². The number of halogens is 1. The minimum atomic E-state index is -0.464. The molecule has 150 valence electrons. The standard InChI is InChI=1S/C25H22FN3O/c26-23-13-7-8-19(16-23)14-15-28-18-22(17-27)25(30)29-24(20-9-3-1-4-10-20)21-11-5-2-6-12-21/h1-13,16,18,24,28H,14-15H2,(H,29,30)/b22-18-. The van der Waals surface area contributed by atoms with Crippen LogP contribution in [0.5, 0.6) is 0 Å². The molecular weight excluding hydrogens is 377 g/mol. The van der Waals surface area contributed by atoms with Crippen molar-refractivity contribution in [3.63, 3.8) is 0 Å². The highest BCUT2D eigenvalue weighted by atomic mass is 19.1. The van der Waals surface area contributed by atoms with Gasteiger partial charge in [-0.2, -0.15) is 5.26 Å². The molecule has 0 spiro atoms. The molecule has 3 rings (SSSR count). The van der Waals surface area contributed by atoms with Crippen LogP contribution in [-0.2, 0) is 11.2 Å². The summed E-state index contributed by atoms with van der Waals surface area (Å²) in [6, 6.07) is 27.1. The van der Waals surface area contributed by atoms with Crippen LogP contribution < -0.4 is 10.6 Å². The number of carbonyl (C=O) groups excluding carboxylic acids is 1. The lowest BCUT2D eigenvalue weighted by atomic mass is 9.98. The number of hydrogen-bond donors (Lipinski definition) is 2. The summed E-state index contributed by atoms with van der Waals surface area (Å²) in [7, 11) is 0. The van der Waals surface area contributed by atoms with Crippen molar-refractivity contribution in [3.8, 4) is 6.07 Å². The van der Waals surface area contributed by atoms with E-state index < -0.39 is 5.91 Å². The SMILES string of the molecule is N#C/C(=C/NCCc1cccc(F)c1)C(=O)NC(c1ccccc1)c1ccccc1. The fraction of sp³-hybridized carbons (Fsp3) is 0.120. The summed E-state index contributed by atoms with van der Waals surface area (Å²) in [6.07, 6.45) is 1.98. The molecule has 0 fully saturated rings. The second kappa shape index (κ2) is 10.6. The molecule has 0 saturated carbocycles. The van der Waals surface area contributed by atoms with Crippen molar-refractivity contribution in [1.82, 2.24) is 10.6 Å². The molecule has 0 saturated heterocycles. The van der Waals surface area contributed by atoms with Crippen LogP contribution in [0.4, 0.5) is 4.39 Å². The number of amides is 1. The predicted molar refractivity (Wildman–Crippen MR) is 115 cm³/mol. The van der Waals surface area contributed by atoms with Gasteiger partial charge in [-0.05, 0) is 35.2 Å². The summed E-state index contributed by atoms with van der Waals surface area (Å²) in [5.74, 6) is -0.749. The second-order valence-electron chi connectivity index (χ2n) is 6.73. The fourth-order valence-electron chi connectivity index (χ4n) is 3.09. The molecule has 0 heterocycles. The van der Waals surface area contributed by atoms with Crippen molar-refractivity contribution in [2.24, 2.45) is 0 Å². The Kier molecular flexibility index (Phi) is 7.34. The maximum Gasteiger partial charge on any atom is 0.264 e. The van der Waals surface area contributed by atoms with E-state index in [1.165, 1.54) is 18.3 Å². The highest BCUT2D eigenvalue weighted by Crippen LogP contribution is 2.22. The predicted octanol–water partition coefficient (Wildman–Crippen LogP) is 4.27. The Morgan fingerprint density at radius 1 is 0.967 bits per heavy atom. The van der Waals surface area contributed by atoms with Crippen LogP contribution in [0.15, 0.2) is 96.7 Å². The van der Waals surface area contributed by atoms with Crippen molar-refractivity contribution < 1.29 is 9.18 Å². The molecule has 30 heavy (non-hydrogen) atoms. The van der Waals surface area contributed by atoms with Gasteiger partial charge in [0.15, 0.2) is 0 Å². The van der Waals surface area contributed by atoms with E-state index in [-0.39, 0.29) is 17.4 Å². The molecule has 0 radical (unpaired) electrons. The van der Waals surface area contributed by atoms with Crippen LogP contribution >= 0.6 is 0 Å². The summed E-state index contributed by atoms with van der Waals surface area (Å²) >= 11 is 0. The number of carbonyl (C=O) groups is 1. The third-order valence-corrected chi connectivity index (χ3v) is 4.60. The normalized spacial score (nSPS) is 11.0. The zero-order valence-corrected chi connectivity index (χ0v) is 16.4. The minimum Gasteiger partial charge on any atom is -0.389 e. The van der Waals surface area contributed by atoms with Gasteiger partial charge < -0.3 is 10.6 Å². The molecule has 1 amide bonds. The van der Waals surface area contributed by atoms with Crippen molar-refractivity contribution in [1.29, 1.82) is 5.26 Å².